The van der Waals surface area contributed by atoms with E-state index in [2.05, 4.69) is 29.6 Å². The summed E-state index contributed by atoms with van der Waals surface area (Å²) in [7, 11) is 0. The van der Waals surface area contributed by atoms with Gasteiger partial charge in [-0.25, -0.2) is 0 Å². The van der Waals surface area contributed by atoms with Crippen LogP contribution in [-0.2, 0) is 9.59 Å². The minimum Gasteiger partial charge on any atom is -0.494 e. The van der Waals surface area contributed by atoms with Gasteiger partial charge in [-0.15, -0.1) is 0 Å². The number of primary amides is 1. The van der Waals surface area contributed by atoms with Crippen LogP contribution in [0.1, 0.15) is 32.1 Å². The van der Waals surface area contributed by atoms with Crippen LogP contribution in [0.2, 0.25) is 0 Å². The maximum Gasteiger partial charge on any atom is 0.220 e. The lowest BCUT2D eigenvalue weighted by atomic mass is 10.1. The Hall–Kier alpha value is -2.82. The van der Waals surface area contributed by atoms with Crippen LogP contribution in [-0.4, -0.2) is 25.0 Å². The fraction of sp³-hybridized carbons (Fsp3) is 0.333. The molecule has 2 aromatic carbocycles. The summed E-state index contributed by atoms with van der Waals surface area (Å²) in [6.45, 7) is 0.949. The summed E-state index contributed by atoms with van der Waals surface area (Å²) >= 11 is 0. The van der Waals surface area contributed by atoms with Gasteiger partial charge in [0.1, 0.15) is 5.75 Å². The zero-order valence-electron chi connectivity index (χ0n) is 14.9. The molecule has 0 fully saturated rings. The molecule has 0 aromatic heterocycles. The summed E-state index contributed by atoms with van der Waals surface area (Å²) in [5.41, 5.74) is 7.37. The lowest BCUT2D eigenvalue weighted by Gasteiger charge is -2.08. The van der Waals surface area contributed by atoms with E-state index < -0.39 is 5.91 Å². The molecule has 5 nitrogen and oxygen atoms in total. The van der Waals surface area contributed by atoms with Crippen molar-refractivity contribution in [1.29, 1.82) is 0 Å². The molecule has 3 N–H and O–H groups in total. The SMILES string of the molecule is NC(=O)CCNC(=O)CCCCCOc1ccc(-c2ccccc2)cc1. The van der Waals surface area contributed by atoms with Crippen molar-refractivity contribution in [3.05, 3.63) is 54.6 Å². The number of carbonyl (C=O) groups is 2. The minimum absolute atomic E-state index is 0.0383. The van der Waals surface area contributed by atoms with Crippen molar-refractivity contribution in [2.24, 2.45) is 5.73 Å². The van der Waals surface area contributed by atoms with Gasteiger partial charge in [0, 0.05) is 19.4 Å². The Bertz CT molecular complexity index is 684. The standard InChI is InChI=1S/C21H26N2O3/c22-20(24)14-15-23-21(25)9-5-2-6-16-26-19-12-10-18(11-13-19)17-7-3-1-4-8-17/h1,3-4,7-8,10-13H,2,5-6,9,14-16H2,(H2,22,24)(H,23,25). The van der Waals surface area contributed by atoms with Crippen LogP contribution in [0.25, 0.3) is 11.1 Å². The third-order valence-corrected chi connectivity index (χ3v) is 3.97. The molecule has 2 amide bonds. The van der Waals surface area contributed by atoms with Crippen molar-refractivity contribution in [1.82, 2.24) is 5.32 Å². The molecule has 0 aliphatic carbocycles. The molecule has 0 spiro atoms. The lowest BCUT2D eigenvalue weighted by Crippen LogP contribution is -2.27. The summed E-state index contributed by atoms with van der Waals surface area (Å²) in [5.74, 6) is 0.414. The first-order chi connectivity index (χ1) is 12.6. The van der Waals surface area contributed by atoms with Gasteiger partial charge in [-0.05, 0) is 42.5 Å². The van der Waals surface area contributed by atoms with Gasteiger partial charge in [-0.1, -0.05) is 42.5 Å². The van der Waals surface area contributed by atoms with E-state index >= 15 is 0 Å². The van der Waals surface area contributed by atoms with Gasteiger partial charge in [0.2, 0.25) is 11.8 Å². The maximum absolute atomic E-state index is 11.5. The summed E-state index contributed by atoms with van der Waals surface area (Å²) in [6.07, 6.45) is 3.27. The van der Waals surface area contributed by atoms with Crippen molar-refractivity contribution in [3.8, 4) is 16.9 Å². The van der Waals surface area contributed by atoms with E-state index in [1.54, 1.807) is 0 Å². The van der Waals surface area contributed by atoms with Crippen LogP contribution in [0, 0.1) is 0 Å². The van der Waals surface area contributed by atoms with E-state index in [-0.39, 0.29) is 12.3 Å². The second-order valence-corrected chi connectivity index (χ2v) is 6.12. The Morgan fingerprint density at radius 1 is 0.846 bits per heavy atom. The molecular weight excluding hydrogens is 328 g/mol. The molecule has 138 valence electrons. The first-order valence-electron chi connectivity index (χ1n) is 8.98. The molecular formula is C21H26N2O3. The number of nitrogens with two attached hydrogens (primary N) is 1. The first-order valence-corrected chi connectivity index (χ1v) is 8.98. The number of hydrogen-bond donors (Lipinski definition) is 2. The Balaban J connectivity index is 1.57. The van der Waals surface area contributed by atoms with E-state index in [1.165, 1.54) is 11.1 Å². The molecule has 0 aliphatic heterocycles. The van der Waals surface area contributed by atoms with E-state index in [0.717, 1.165) is 25.0 Å². The molecule has 0 unspecified atom stereocenters. The number of benzene rings is 2. The normalized spacial score (nSPS) is 10.3. The van der Waals surface area contributed by atoms with Crippen LogP contribution in [0.3, 0.4) is 0 Å². The van der Waals surface area contributed by atoms with Crippen LogP contribution >= 0.6 is 0 Å². The molecule has 0 bridgehead atoms. The third-order valence-electron chi connectivity index (χ3n) is 3.97. The fourth-order valence-electron chi connectivity index (χ4n) is 2.54. The van der Waals surface area contributed by atoms with E-state index in [0.29, 0.717) is 19.6 Å². The number of carbonyl (C=O) groups excluding carboxylic acids is 2. The van der Waals surface area contributed by atoms with Gasteiger partial charge in [0.05, 0.1) is 6.61 Å². The fourth-order valence-corrected chi connectivity index (χ4v) is 2.54. The van der Waals surface area contributed by atoms with Gasteiger partial charge in [0.15, 0.2) is 0 Å². The average Bonchev–Trinajstić information content (AvgIpc) is 2.65. The van der Waals surface area contributed by atoms with Gasteiger partial charge in [0.25, 0.3) is 0 Å². The van der Waals surface area contributed by atoms with Gasteiger partial charge in [-0.3, -0.25) is 9.59 Å². The zero-order valence-corrected chi connectivity index (χ0v) is 14.9. The number of rotatable bonds is 11. The Labute approximate surface area is 154 Å². The molecule has 0 saturated carbocycles. The van der Waals surface area contributed by atoms with Crippen molar-refractivity contribution in [2.75, 3.05) is 13.2 Å². The topological polar surface area (TPSA) is 81.4 Å². The van der Waals surface area contributed by atoms with Crippen molar-refractivity contribution >= 4 is 11.8 Å². The Morgan fingerprint density at radius 3 is 2.23 bits per heavy atom. The predicted molar refractivity (Wildman–Crippen MR) is 103 cm³/mol. The number of hydrogen-bond acceptors (Lipinski definition) is 3. The highest BCUT2D eigenvalue weighted by atomic mass is 16.5. The number of amides is 2. The Kier molecular flexibility index (Phi) is 8.19. The molecule has 0 aliphatic rings. The largest absolute Gasteiger partial charge is 0.494 e. The molecule has 2 aromatic rings. The summed E-state index contributed by atoms with van der Waals surface area (Å²) in [5, 5.41) is 2.68. The molecule has 0 atom stereocenters. The van der Waals surface area contributed by atoms with Crippen molar-refractivity contribution < 1.29 is 14.3 Å². The molecule has 2 rings (SSSR count). The number of ether oxygens (including phenoxy) is 1. The van der Waals surface area contributed by atoms with Gasteiger partial charge >= 0.3 is 0 Å². The van der Waals surface area contributed by atoms with E-state index in [9.17, 15) is 9.59 Å². The molecule has 0 saturated heterocycles. The van der Waals surface area contributed by atoms with Crippen LogP contribution in [0.5, 0.6) is 5.75 Å². The summed E-state index contributed by atoms with van der Waals surface area (Å²) < 4.78 is 5.74. The average molecular weight is 354 g/mol. The molecule has 0 heterocycles. The predicted octanol–water partition coefficient (Wildman–Crippen LogP) is 3.28. The summed E-state index contributed by atoms with van der Waals surface area (Å²) in [6, 6.07) is 18.3. The summed E-state index contributed by atoms with van der Waals surface area (Å²) in [4.78, 5) is 22.1. The Morgan fingerprint density at radius 2 is 1.54 bits per heavy atom. The lowest BCUT2D eigenvalue weighted by molar-refractivity contribution is -0.121. The third kappa shape index (κ3) is 7.38. The highest BCUT2D eigenvalue weighted by Gasteiger charge is 2.02. The number of nitrogens with one attached hydrogen (secondary N) is 1. The van der Waals surface area contributed by atoms with Crippen LogP contribution in [0.15, 0.2) is 54.6 Å². The number of unbranched alkanes of at least 4 members (excludes halogenated alkanes) is 2. The molecule has 26 heavy (non-hydrogen) atoms. The van der Waals surface area contributed by atoms with Crippen molar-refractivity contribution in [2.45, 2.75) is 32.1 Å². The molecule has 5 heteroatoms. The first kappa shape index (κ1) is 19.5. The maximum atomic E-state index is 11.5. The quantitative estimate of drug-likeness (QED) is 0.608. The highest BCUT2D eigenvalue weighted by Crippen LogP contribution is 2.22. The monoisotopic (exact) mass is 354 g/mol. The second kappa shape index (κ2) is 10.9. The van der Waals surface area contributed by atoms with Crippen LogP contribution < -0.4 is 15.8 Å². The van der Waals surface area contributed by atoms with Crippen molar-refractivity contribution in [3.63, 3.8) is 0 Å². The zero-order chi connectivity index (χ0) is 18.6. The van der Waals surface area contributed by atoms with Gasteiger partial charge in [-0.2, -0.15) is 0 Å². The minimum atomic E-state index is -0.403. The van der Waals surface area contributed by atoms with E-state index in [4.69, 9.17) is 10.5 Å². The highest BCUT2D eigenvalue weighted by molar-refractivity contribution is 5.78. The second-order valence-electron chi connectivity index (χ2n) is 6.12. The van der Waals surface area contributed by atoms with Crippen LogP contribution in [0.4, 0.5) is 0 Å². The van der Waals surface area contributed by atoms with E-state index in [1.807, 2.05) is 30.3 Å². The van der Waals surface area contributed by atoms with Gasteiger partial charge < -0.3 is 15.8 Å². The smallest absolute Gasteiger partial charge is 0.220 e. The molecule has 0 radical (unpaired) electrons.